The average Bonchev–Trinajstić information content (AvgIpc) is 1.98. The first-order chi connectivity index (χ1) is 4.72. The number of hydrogen-bond acceptors (Lipinski definition) is 5. The molecule has 0 heterocycles. The maximum Gasteiger partial charge on any atom is 0.322 e. The quantitative estimate of drug-likeness (QED) is 0.385. The highest BCUT2D eigenvalue weighted by Gasteiger charge is 2.12. The minimum Gasteiger partial charge on any atom is -0.468 e. The molecular weight excluding hydrogens is 136 g/mol. The SMILES string of the molecule is COC(=O)C(N)CCON. The Morgan fingerprint density at radius 2 is 2.30 bits per heavy atom. The van der Waals surface area contributed by atoms with Gasteiger partial charge in [-0.1, -0.05) is 0 Å². The minimum atomic E-state index is -0.631. The van der Waals surface area contributed by atoms with Crippen LogP contribution in [-0.2, 0) is 14.4 Å². The molecule has 0 aromatic rings. The predicted octanol–water partition coefficient (Wildman–Crippen LogP) is -1.23. The van der Waals surface area contributed by atoms with Crippen molar-refractivity contribution in [1.82, 2.24) is 0 Å². The summed E-state index contributed by atoms with van der Waals surface area (Å²) in [4.78, 5) is 14.8. The normalized spacial score (nSPS) is 12.7. The lowest BCUT2D eigenvalue weighted by atomic mass is 10.2. The molecule has 0 radical (unpaired) electrons. The van der Waals surface area contributed by atoms with Crippen LogP contribution in [0.2, 0.25) is 0 Å². The lowest BCUT2D eigenvalue weighted by molar-refractivity contribution is -0.142. The van der Waals surface area contributed by atoms with Crippen LogP contribution in [0.5, 0.6) is 0 Å². The van der Waals surface area contributed by atoms with Crippen LogP contribution in [0.15, 0.2) is 0 Å². The first kappa shape index (κ1) is 9.35. The van der Waals surface area contributed by atoms with Crippen molar-refractivity contribution in [3.05, 3.63) is 0 Å². The summed E-state index contributed by atoms with van der Waals surface area (Å²) >= 11 is 0. The van der Waals surface area contributed by atoms with Crippen LogP contribution in [0, 0.1) is 0 Å². The van der Waals surface area contributed by atoms with Crippen LogP contribution in [0.3, 0.4) is 0 Å². The second-order valence-corrected chi connectivity index (χ2v) is 1.79. The fraction of sp³-hybridized carbons (Fsp3) is 0.800. The summed E-state index contributed by atoms with van der Waals surface area (Å²) in [7, 11) is 1.28. The number of rotatable bonds is 4. The summed E-state index contributed by atoms with van der Waals surface area (Å²) in [6, 6.07) is -0.631. The number of nitrogens with two attached hydrogens (primary N) is 2. The molecule has 0 aromatic carbocycles. The van der Waals surface area contributed by atoms with E-state index in [0.717, 1.165) is 0 Å². The number of hydrogen-bond donors (Lipinski definition) is 2. The van der Waals surface area contributed by atoms with Gasteiger partial charge in [0.2, 0.25) is 0 Å². The minimum absolute atomic E-state index is 0.260. The summed E-state index contributed by atoms with van der Waals surface area (Å²) in [5.74, 6) is 4.26. The highest BCUT2D eigenvalue weighted by atomic mass is 16.6. The Morgan fingerprint density at radius 1 is 1.70 bits per heavy atom. The topological polar surface area (TPSA) is 87.6 Å². The molecule has 0 aliphatic carbocycles. The number of methoxy groups -OCH3 is 1. The Bertz CT molecular complexity index is 107. The largest absolute Gasteiger partial charge is 0.468 e. The third kappa shape index (κ3) is 3.39. The first-order valence-electron chi connectivity index (χ1n) is 2.87. The van der Waals surface area contributed by atoms with Gasteiger partial charge in [-0.25, -0.2) is 5.90 Å². The molecule has 0 aliphatic heterocycles. The van der Waals surface area contributed by atoms with E-state index in [-0.39, 0.29) is 6.61 Å². The van der Waals surface area contributed by atoms with E-state index in [2.05, 4.69) is 9.57 Å². The summed E-state index contributed by atoms with van der Waals surface area (Å²) in [5, 5.41) is 0. The Kier molecular flexibility index (Phi) is 4.82. The summed E-state index contributed by atoms with van der Waals surface area (Å²) in [5.41, 5.74) is 5.30. The van der Waals surface area contributed by atoms with Gasteiger partial charge < -0.3 is 15.3 Å². The molecule has 1 unspecified atom stereocenters. The van der Waals surface area contributed by atoms with Gasteiger partial charge in [-0.3, -0.25) is 4.79 Å². The third-order valence-corrected chi connectivity index (χ3v) is 1.05. The van der Waals surface area contributed by atoms with Crippen molar-refractivity contribution in [2.75, 3.05) is 13.7 Å². The van der Waals surface area contributed by atoms with Gasteiger partial charge in [0, 0.05) is 0 Å². The van der Waals surface area contributed by atoms with Crippen LogP contribution < -0.4 is 11.6 Å². The van der Waals surface area contributed by atoms with E-state index < -0.39 is 12.0 Å². The number of esters is 1. The van der Waals surface area contributed by atoms with Crippen molar-refractivity contribution in [3.63, 3.8) is 0 Å². The molecule has 1 atom stereocenters. The van der Waals surface area contributed by atoms with Gasteiger partial charge in [0.25, 0.3) is 0 Å². The van der Waals surface area contributed by atoms with Gasteiger partial charge >= 0.3 is 5.97 Å². The molecule has 0 aromatic heterocycles. The van der Waals surface area contributed by atoms with Crippen molar-refractivity contribution in [3.8, 4) is 0 Å². The zero-order valence-electron chi connectivity index (χ0n) is 5.87. The predicted molar refractivity (Wildman–Crippen MR) is 34.7 cm³/mol. The summed E-state index contributed by atoms with van der Waals surface area (Å²) in [6.07, 6.45) is 0.378. The molecule has 5 nitrogen and oxygen atoms in total. The molecular formula is C5H12N2O3. The van der Waals surface area contributed by atoms with E-state index >= 15 is 0 Å². The van der Waals surface area contributed by atoms with E-state index in [1.165, 1.54) is 7.11 Å². The van der Waals surface area contributed by atoms with Gasteiger partial charge in [-0.05, 0) is 6.42 Å². The fourth-order valence-corrected chi connectivity index (χ4v) is 0.464. The number of carbonyl (C=O) groups excluding carboxylic acids is 1. The Labute approximate surface area is 59.2 Å². The second-order valence-electron chi connectivity index (χ2n) is 1.79. The second kappa shape index (κ2) is 5.16. The molecule has 4 N–H and O–H groups in total. The summed E-state index contributed by atoms with van der Waals surface area (Å²) < 4.78 is 4.35. The fourth-order valence-electron chi connectivity index (χ4n) is 0.464. The number of ether oxygens (including phenoxy) is 1. The molecule has 10 heavy (non-hydrogen) atoms. The van der Waals surface area contributed by atoms with E-state index in [4.69, 9.17) is 11.6 Å². The molecule has 0 rings (SSSR count). The van der Waals surface area contributed by atoms with Crippen molar-refractivity contribution in [2.24, 2.45) is 11.6 Å². The highest BCUT2D eigenvalue weighted by Crippen LogP contribution is 1.89. The molecule has 0 amide bonds. The average molecular weight is 148 g/mol. The van der Waals surface area contributed by atoms with E-state index in [0.29, 0.717) is 6.42 Å². The van der Waals surface area contributed by atoms with Gasteiger partial charge in [-0.2, -0.15) is 0 Å². The zero-order valence-corrected chi connectivity index (χ0v) is 5.87. The highest BCUT2D eigenvalue weighted by molar-refractivity contribution is 5.75. The molecule has 0 aliphatic rings. The van der Waals surface area contributed by atoms with Crippen molar-refractivity contribution in [2.45, 2.75) is 12.5 Å². The van der Waals surface area contributed by atoms with Gasteiger partial charge in [0.15, 0.2) is 0 Å². The zero-order chi connectivity index (χ0) is 7.98. The molecule has 0 fully saturated rings. The van der Waals surface area contributed by atoms with Crippen molar-refractivity contribution < 1.29 is 14.4 Å². The van der Waals surface area contributed by atoms with Crippen LogP contribution in [0.1, 0.15) is 6.42 Å². The van der Waals surface area contributed by atoms with Crippen LogP contribution in [0.4, 0.5) is 0 Å². The van der Waals surface area contributed by atoms with Gasteiger partial charge in [0.1, 0.15) is 6.04 Å². The molecule has 5 heteroatoms. The molecule has 0 bridgehead atoms. The standard InChI is InChI=1S/C5H12N2O3/c1-9-5(8)4(6)2-3-10-7/h4H,2-3,6-7H2,1H3. The molecule has 0 spiro atoms. The third-order valence-electron chi connectivity index (χ3n) is 1.05. The Morgan fingerprint density at radius 3 is 2.70 bits per heavy atom. The monoisotopic (exact) mass is 148 g/mol. The molecule has 0 saturated carbocycles. The van der Waals surface area contributed by atoms with Crippen LogP contribution in [0.25, 0.3) is 0 Å². The van der Waals surface area contributed by atoms with E-state index in [1.807, 2.05) is 0 Å². The lowest BCUT2D eigenvalue weighted by Gasteiger charge is -2.06. The van der Waals surface area contributed by atoms with Crippen molar-refractivity contribution in [1.29, 1.82) is 0 Å². The molecule has 0 saturated heterocycles. The Balaban J connectivity index is 3.41. The smallest absolute Gasteiger partial charge is 0.322 e. The van der Waals surface area contributed by atoms with Gasteiger partial charge in [-0.15, -0.1) is 0 Å². The summed E-state index contributed by atoms with van der Waals surface area (Å²) in [6.45, 7) is 0.260. The van der Waals surface area contributed by atoms with Crippen LogP contribution >= 0.6 is 0 Å². The first-order valence-corrected chi connectivity index (χ1v) is 2.87. The van der Waals surface area contributed by atoms with E-state index in [9.17, 15) is 4.79 Å². The Hall–Kier alpha value is -0.650. The van der Waals surface area contributed by atoms with Crippen LogP contribution in [-0.4, -0.2) is 25.7 Å². The number of carbonyl (C=O) groups is 1. The van der Waals surface area contributed by atoms with Crippen molar-refractivity contribution >= 4 is 5.97 Å². The van der Waals surface area contributed by atoms with Gasteiger partial charge in [0.05, 0.1) is 13.7 Å². The van der Waals surface area contributed by atoms with E-state index in [1.54, 1.807) is 0 Å². The maximum atomic E-state index is 10.6. The maximum absolute atomic E-state index is 10.6. The molecule has 60 valence electrons. The lowest BCUT2D eigenvalue weighted by Crippen LogP contribution is -2.33.